The Balaban J connectivity index is 2.11. The Morgan fingerprint density at radius 3 is 2.44 bits per heavy atom. The number of carboxylic acid groups (broad SMARTS) is 1. The van der Waals surface area contributed by atoms with Crippen molar-refractivity contribution in [3.63, 3.8) is 0 Å². The summed E-state index contributed by atoms with van der Waals surface area (Å²) in [5.41, 5.74) is -0.197. The van der Waals surface area contributed by atoms with E-state index in [2.05, 4.69) is 4.37 Å². The molecule has 0 fully saturated rings. The van der Waals surface area contributed by atoms with E-state index in [4.69, 9.17) is 14.9 Å². The molecule has 7 heteroatoms. The number of nitrogens with zero attached hydrogens (tertiary/aromatic N) is 1. The second-order valence-electron chi connectivity index (χ2n) is 3.26. The van der Waals surface area contributed by atoms with Gasteiger partial charge in [0.2, 0.25) is 0 Å². The van der Waals surface area contributed by atoms with Gasteiger partial charge in [0, 0.05) is 0 Å². The van der Waals surface area contributed by atoms with Crippen LogP contribution in [0.15, 0.2) is 30.3 Å². The van der Waals surface area contributed by atoms with E-state index in [-0.39, 0.29) is 22.1 Å². The molecule has 0 aliphatic heterocycles. The van der Waals surface area contributed by atoms with Gasteiger partial charge in [-0.3, -0.25) is 0 Å². The molecule has 0 unspecified atom stereocenters. The van der Waals surface area contributed by atoms with Crippen molar-refractivity contribution in [1.29, 1.82) is 0 Å². The van der Waals surface area contributed by atoms with Crippen LogP contribution in [-0.2, 0) is 0 Å². The average molecular weight is 265 g/mol. The largest absolute Gasteiger partial charge is 0.508 e. The molecule has 0 radical (unpaired) electrons. The number of rotatable bonds is 3. The summed E-state index contributed by atoms with van der Waals surface area (Å²) in [7, 11) is 0. The molecule has 0 amide bonds. The zero-order chi connectivity index (χ0) is 13.1. The number of aromatic nitrogens is 1. The van der Waals surface area contributed by atoms with Gasteiger partial charge in [0.1, 0.15) is 16.4 Å². The predicted molar refractivity (Wildman–Crippen MR) is 62.1 cm³/mol. The van der Waals surface area contributed by atoms with E-state index in [9.17, 15) is 9.59 Å². The number of ether oxygens (including phenoxy) is 1. The van der Waals surface area contributed by atoms with Gasteiger partial charge in [0.15, 0.2) is 5.69 Å². The van der Waals surface area contributed by atoms with Crippen LogP contribution >= 0.6 is 11.5 Å². The Hall–Kier alpha value is -2.41. The lowest BCUT2D eigenvalue weighted by molar-refractivity contribution is 0.0691. The van der Waals surface area contributed by atoms with Crippen molar-refractivity contribution < 1.29 is 24.5 Å². The quantitative estimate of drug-likeness (QED) is 0.648. The summed E-state index contributed by atoms with van der Waals surface area (Å²) in [6.45, 7) is 0. The van der Waals surface area contributed by atoms with Gasteiger partial charge < -0.3 is 14.9 Å². The first-order chi connectivity index (χ1) is 8.56. The summed E-state index contributed by atoms with van der Waals surface area (Å²) < 4.78 is 8.57. The number of aromatic hydroxyl groups is 1. The minimum atomic E-state index is -1.20. The van der Waals surface area contributed by atoms with Crippen molar-refractivity contribution in [2.45, 2.75) is 0 Å². The van der Waals surface area contributed by atoms with Crippen molar-refractivity contribution >= 4 is 23.5 Å². The Kier molecular flexibility index (Phi) is 3.24. The number of phenolic OH excluding ortho intramolecular Hbond substituents is 1. The molecule has 0 aliphatic rings. The molecule has 1 heterocycles. The Bertz CT molecular complexity index is 590. The maximum absolute atomic E-state index is 11.6. The number of carboxylic acids is 1. The third-order valence-electron chi connectivity index (χ3n) is 1.98. The molecule has 1 aromatic heterocycles. The molecular weight excluding hydrogens is 258 g/mol. The Morgan fingerprint density at radius 1 is 1.22 bits per heavy atom. The molecule has 0 spiro atoms. The smallest absolute Gasteiger partial charge is 0.355 e. The lowest BCUT2D eigenvalue weighted by Crippen LogP contribution is -2.06. The van der Waals surface area contributed by atoms with Crippen molar-refractivity contribution in [3.8, 4) is 11.5 Å². The van der Waals surface area contributed by atoms with Crippen molar-refractivity contribution in [2.24, 2.45) is 0 Å². The number of phenols is 1. The van der Waals surface area contributed by atoms with Gasteiger partial charge in [-0.1, -0.05) is 0 Å². The molecule has 2 N–H and O–H groups in total. The van der Waals surface area contributed by atoms with E-state index in [1.807, 2.05) is 0 Å². The molecule has 1 aromatic carbocycles. The second-order valence-corrected chi connectivity index (χ2v) is 4.07. The Morgan fingerprint density at radius 2 is 1.89 bits per heavy atom. The number of aromatic carboxylic acids is 1. The van der Waals surface area contributed by atoms with Crippen LogP contribution in [0.1, 0.15) is 20.2 Å². The lowest BCUT2D eigenvalue weighted by Gasteiger charge is -2.01. The first-order valence-corrected chi connectivity index (χ1v) is 5.55. The first kappa shape index (κ1) is 12.1. The zero-order valence-corrected chi connectivity index (χ0v) is 9.68. The Labute approximate surface area is 105 Å². The van der Waals surface area contributed by atoms with Crippen LogP contribution in [0.3, 0.4) is 0 Å². The second kappa shape index (κ2) is 4.84. The standard InChI is InChI=1S/C11H7NO5S/c13-6-1-3-7(4-2-6)17-11(16)9-5-8(10(14)15)12-18-9/h1-5,13H,(H,14,15). The van der Waals surface area contributed by atoms with E-state index in [0.717, 1.165) is 17.6 Å². The van der Waals surface area contributed by atoms with Crippen LogP contribution in [-0.4, -0.2) is 26.5 Å². The fourth-order valence-electron chi connectivity index (χ4n) is 1.14. The number of esters is 1. The first-order valence-electron chi connectivity index (χ1n) is 4.77. The fourth-order valence-corrected chi connectivity index (χ4v) is 1.75. The van der Waals surface area contributed by atoms with Crippen LogP contribution in [0.2, 0.25) is 0 Å². The van der Waals surface area contributed by atoms with Crippen LogP contribution in [0.25, 0.3) is 0 Å². The summed E-state index contributed by atoms with van der Waals surface area (Å²) in [4.78, 5) is 22.3. The fraction of sp³-hybridized carbons (Fsp3) is 0. The molecule has 0 aliphatic carbocycles. The molecule has 6 nitrogen and oxygen atoms in total. The number of hydrogen-bond acceptors (Lipinski definition) is 6. The highest BCUT2D eigenvalue weighted by atomic mass is 32.1. The van der Waals surface area contributed by atoms with E-state index < -0.39 is 11.9 Å². The van der Waals surface area contributed by atoms with E-state index in [1.165, 1.54) is 24.3 Å². The molecule has 92 valence electrons. The number of hydrogen-bond donors (Lipinski definition) is 2. The summed E-state index contributed by atoms with van der Waals surface area (Å²) in [6.07, 6.45) is 0. The van der Waals surface area contributed by atoms with Gasteiger partial charge in [0.25, 0.3) is 0 Å². The highest BCUT2D eigenvalue weighted by molar-refractivity contribution is 7.08. The number of carbonyl (C=O) groups is 2. The van der Waals surface area contributed by atoms with Gasteiger partial charge in [0.05, 0.1) is 0 Å². The zero-order valence-electron chi connectivity index (χ0n) is 8.86. The normalized spacial score (nSPS) is 10.0. The summed E-state index contributed by atoms with van der Waals surface area (Å²) in [5.74, 6) is -1.58. The van der Waals surface area contributed by atoms with Crippen LogP contribution in [0, 0.1) is 0 Å². The molecule has 0 saturated heterocycles. The molecule has 0 atom stereocenters. The third kappa shape index (κ3) is 2.64. The maximum atomic E-state index is 11.6. The van der Waals surface area contributed by atoms with Crippen LogP contribution in [0.5, 0.6) is 11.5 Å². The summed E-state index contributed by atoms with van der Waals surface area (Å²) in [5, 5.41) is 17.7. The molecule has 2 rings (SSSR count). The van der Waals surface area contributed by atoms with E-state index in [0.29, 0.717) is 0 Å². The van der Waals surface area contributed by atoms with Crippen molar-refractivity contribution in [1.82, 2.24) is 4.37 Å². The SMILES string of the molecule is O=C(O)c1cc(C(=O)Oc2ccc(O)cc2)sn1. The topological polar surface area (TPSA) is 96.7 Å². The summed E-state index contributed by atoms with van der Waals surface area (Å²) >= 11 is 0.754. The van der Waals surface area contributed by atoms with Crippen LogP contribution < -0.4 is 4.74 Å². The van der Waals surface area contributed by atoms with Gasteiger partial charge in [-0.25, -0.2) is 9.59 Å². The molecule has 18 heavy (non-hydrogen) atoms. The average Bonchev–Trinajstić information content (AvgIpc) is 2.81. The number of carbonyl (C=O) groups excluding carboxylic acids is 1. The molecule has 0 saturated carbocycles. The van der Waals surface area contributed by atoms with Gasteiger partial charge in [-0.05, 0) is 41.9 Å². The van der Waals surface area contributed by atoms with Crippen molar-refractivity contribution in [3.05, 3.63) is 40.9 Å². The number of benzene rings is 1. The van der Waals surface area contributed by atoms with E-state index in [1.54, 1.807) is 0 Å². The highest BCUT2D eigenvalue weighted by Crippen LogP contribution is 2.18. The van der Waals surface area contributed by atoms with Crippen molar-refractivity contribution in [2.75, 3.05) is 0 Å². The maximum Gasteiger partial charge on any atom is 0.355 e. The predicted octanol–water partition coefficient (Wildman–Crippen LogP) is 1.77. The minimum absolute atomic E-state index is 0.0563. The summed E-state index contributed by atoms with van der Waals surface area (Å²) in [6, 6.07) is 6.74. The van der Waals surface area contributed by atoms with Gasteiger partial charge in [-0.15, -0.1) is 0 Å². The van der Waals surface area contributed by atoms with E-state index >= 15 is 0 Å². The molecule has 0 bridgehead atoms. The molecule has 2 aromatic rings. The monoisotopic (exact) mass is 265 g/mol. The molecular formula is C11H7NO5S. The van der Waals surface area contributed by atoms with Crippen LogP contribution in [0.4, 0.5) is 0 Å². The lowest BCUT2D eigenvalue weighted by atomic mass is 10.3. The van der Waals surface area contributed by atoms with Gasteiger partial charge >= 0.3 is 11.9 Å². The minimum Gasteiger partial charge on any atom is -0.508 e. The van der Waals surface area contributed by atoms with Gasteiger partial charge in [-0.2, -0.15) is 4.37 Å². The highest BCUT2D eigenvalue weighted by Gasteiger charge is 2.16. The third-order valence-corrected chi connectivity index (χ3v) is 2.75.